The summed E-state index contributed by atoms with van der Waals surface area (Å²) in [6.45, 7) is 10.1. The van der Waals surface area contributed by atoms with E-state index in [-0.39, 0.29) is 24.8 Å². The van der Waals surface area contributed by atoms with Crippen molar-refractivity contribution in [2.45, 2.75) is 53.0 Å². The summed E-state index contributed by atoms with van der Waals surface area (Å²) in [5, 5.41) is 10.3. The lowest BCUT2D eigenvalue weighted by Crippen LogP contribution is -2.25. The van der Waals surface area contributed by atoms with Crippen LogP contribution in [0.2, 0.25) is 5.02 Å². The summed E-state index contributed by atoms with van der Waals surface area (Å²) in [6.07, 6.45) is 0.197. The van der Waals surface area contributed by atoms with Gasteiger partial charge in [-0.2, -0.15) is 5.10 Å². The monoisotopic (exact) mass is 482 g/mol. The van der Waals surface area contributed by atoms with Crippen LogP contribution in [0, 0.1) is 13.8 Å². The Bertz CT molecular complexity index is 1160. The summed E-state index contributed by atoms with van der Waals surface area (Å²) in [7, 11) is 0. The minimum atomic E-state index is -0.495. The SMILES string of the molecule is Cc1cc(C)n(C(C)C(=O)Nc2ccc(NC(=O)CCOc3ccc(C(C)C)cc3)cc2Cl)n1. The summed E-state index contributed by atoms with van der Waals surface area (Å²) in [6, 6.07) is 14.3. The highest BCUT2D eigenvalue weighted by atomic mass is 35.5. The third-order valence-corrected chi connectivity index (χ3v) is 5.76. The summed E-state index contributed by atoms with van der Waals surface area (Å²) in [5.74, 6) is 0.767. The van der Waals surface area contributed by atoms with E-state index >= 15 is 0 Å². The molecule has 1 unspecified atom stereocenters. The van der Waals surface area contributed by atoms with Gasteiger partial charge in [0, 0.05) is 11.4 Å². The Labute approximate surface area is 205 Å². The molecule has 0 radical (unpaired) electrons. The van der Waals surface area contributed by atoms with Crippen LogP contribution in [0.1, 0.15) is 56.1 Å². The molecular weight excluding hydrogens is 452 g/mol. The van der Waals surface area contributed by atoms with Gasteiger partial charge >= 0.3 is 0 Å². The molecule has 0 aliphatic carbocycles. The largest absolute Gasteiger partial charge is 0.493 e. The molecule has 3 rings (SSSR count). The van der Waals surface area contributed by atoms with E-state index in [0.29, 0.717) is 22.3 Å². The molecule has 180 valence electrons. The predicted molar refractivity (Wildman–Crippen MR) is 136 cm³/mol. The molecule has 0 spiro atoms. The van der Waals surface area contributed by atoms with Gasteiger partial charge in [0.2, 0.25) is 11.8 Å². The number of nitrogens with zero attached hydrogens (tertiary/aromatic N) is 2. The van der Waals surface area contributed by atoms with Crippen LogP contribution in [0.5, 0.6) is 5.75 Å². The normalized spacial score (nSPS) is 11.9. The fourth-order valence-corrected chi connectivity index (χ4v) is 3.74. The molecule has 2 aromatic carbocycles. The van der Waals surface area contributed by atoms with Crippen molar-refractivity contribution < 1.29 is 14.3 Å². The number of benzene rings is 2. The maximum Gasteiger partial charge on any atom is 0.248 e. The highest BCUT2D eigenvalue weighted by Gasteiger charge is 2.19. The fourth-order valence-electron chi connectivity index (χ4n) is 3.51. The number of amides is 2. The number of carbonyl (C=O) groups excluding carboxylic acids is 2. The zero-order chi connectivity index (χ0) is 24.8. The quantitative estimate of drug-likeness (QED) is 0.398. The van der Waals surface area contributed by atoms with E-state index in [9.17, 15) is 9.59 Å². The topological polar surface area (TPSA) is 85.2 Å². The van der Waals surface area contributed by atoms with Crippen molar-refractivity contribution in [1.29, 1.82) is 0 Å². The lowest BCUT2D eigenvalue weighted by molar-refractivity contribution is -0.119. The van der Waals surface area contributed by atoms with Crippen LogP contribution in [0.25, 0.3) is 0 Å². The standard InChI is InChI=1S/C26H31ClN4O3/c1-16(2)20-6-9-22(10-7-20)34-13-12-25(32)28-21-8-11-24(23(27)15-21)29-26(33)19(5)31-18(4)14-17(3)30-31/h6-11,14-16,19H,12-13H2,1-5H3,(H,28,32)(H,29,33). The molecule has 0 aliphatic rings. The number of aryl methyl sites for hydroxylation is 2. The second kappa shape index (κ2) is 11.2. The minimum absolute atomic E-state index is 0.190. The lowest BCUT2D eigenvalue weighted by atomic mass is 10.0. The number of aromatic nitrogens is 2. The zero-order valence-electron chi connectivity index (χ0n) is 20.2. The van der Waals surface area contributed by atoms with Crippen molar-refractivity contribution in [1.82, 2.24) is 9.78 Å². The first kappa shape index (κ1) is 25.3. The first-order chi connectivity index (χ1) is 16.1. The number of carbonyl (C=O) groups is 2. The van der Waals surface area contributed by atoms with E-state index in [0.717, 1.165) is 17.1 Å². The second-order valence-corrected chi connectivity index (χ2v) is 9.01. The molecule has 2 amide bonds. The van der Waals surface area contributed by atoms with Gasteiger partial charge in [-0.1, -0.05) is 37.6 Å². The molecule has 0 fully saturated rings. The summed E-state index contributed by atoms with van der Waals surface area (Å²) >= 11 is 6.35. The Balaban J connectivity index is 1.50. The van der Waals surface area contributed by atoms with Gasteiger partial charge in [-0.3, -0.25) is 14.3 Å². The third kappa shape index (κ3) is 6.60. The van der Waals surface area contributed by atoms with Crippen molar-refractivity contribution in [3.05, 3.63) is 70.5 Å². The number of anilines is 2. The van der Waals surface area contributed by atoms with Gasteiger partial charge < -0.3 is 15.4 Å². The van der Waals surface area contributed by atoms with Crippen LogP contribution >= 0.6 is 11.6 Å². The van der Waals surface area contributed by atoms with E-state index in [1.165, 1.54) is 5.56 Å². The van der Waals surface area contributed by atoms with Gasteiger partial charge in [0.1, 0.15) is 11.8 Å². The molecule has 1 aromatic heterocycles. The van der Waals surface area contributed by atoms with Gasteiger partial charge in [-0.25, -0.2) is 0 Å². The molecule has 0 saturated heterocycles. The van der Waals surface area contributed by atoms with Crippen molar-refractivity contribution >= 4 is 34.8 Å². The van der Waals surface area contributed by atoms with Crippen LogP contribution in [-0.4, -0.2) is 28.2 Å². The second-order valence-electron chi connectivity index (χ2n) is 8.60. The number of nitrogens with one attached hydrogen (secondary N) is 2. The van der Waals surface area contributed by atoms with Crippen LogP contribution in [0.3, 0.4) is 0 Å². The molecule has 2 N–H and O–H groups in total. The molecule has 1 atom stereocenters. The average Bonchev–Trinajstić information content (AvgIpc) is 3.13. The predicted octanol–water partition coefficient (Wildman–Crippen LogP) is 5.88. The lowest BCUT2D eigenvalue weighted by Gasteiger charge is -2.16. The fraction of sp³-hybridized carbons (Fsp3) is 0.346. The Morgan fingerprint density at radius 3 is 2.32 bits per heavy atom. The Morgan fingerprint density at radius 1 is 1.03 bits per heavy atom. The maximum atomic E-state index is 12.7. The highest BCUT2D eigenvalue weighted by molar-refractivity contribution is 6.34. The molecule has 0 bridgehead atoms. The van der Waals surface area contributed by atoms with E-state index < -0.39 is 6.04 Å². The molecular formula is C26H31ClN4O3. The molecule has 0 aliphatic heterocycles. The smallest absolute Gasteiger partial charge is 0.248 e. The van der Waals surface area contributed by atoms with E-state index in [1.54, 1.807) is 29.8 Å². The Hall–Kier alpha value is -3.32. The summed E-state index contributed by atoms with van der Waals surface area (Å²) < 4.78 is 7.34. The van der Waals surface area contributed by atoms with Gasteiger partial charge in [0.05, 0.1) is 29.4 Å². The molecule has 0 saturated carbocycles. The van der Waals surface area contributed by atoms with E-state index in [4.69, 9.17) is 16.3 Å². The van der Waals surface area contributed by atoms with E-state index in [2.05, 4.69) is 29.6 Å². The number of ether oxygens (including phenoxy) is 1. The van der Waals surface area contributed by atoms with Gasteiger partial charge in [-0.05, 0) is 68.7 Å². The van der Waals surface area contributed by atoms with Crippen LogP contribution in [0.15, 0.2) is 48.5 Å². The highest BCUT2D eigenvalue weighted by Crippen LogP contribution is 2.27. The molecule has 1 heterocycles. The van der Waals surface area contributed by atoms with E-state index in [1.807, 2.05) is 44.2 Å². The van der Waals surface area contributed by atoms with Crippen molar-refractivity contribution in [3.8, 4) is 5.75 Å². The van der Waals surface area contributed by atoms with Crippen LogP contribution < -0.4 is 15.4 Å². The minimum Gasteiger partial charge on any atom is -0.493 e. The number of rotatable bonds is 9. The molecule has 34 heavy (non-hydrogen) atoms. The average molecular weight is 483 g/mol. The third-order valence-electron chi connectivity index (χ3n) is 5.45. The summed E-state index contributed by atoms with van der Waals surface area (Å²) in [4.78, 5) is 24.9. The van der Waals surface area contributed by atoms with Gasteiger partial charge in [0.25, 0.3) is 0 Å². The van der Waals surface area contributed by atoms with Crippen LogP contribution in [-0.2, 0) is 9.59 Å². The Morgan fingerprint density at radius 2 is 1.74 bits per heavy atom. The van der Waals surface area contributed by atoms with Crippen LogP contribution in [0.4, 0.5) is 11.4 Å². The number of halogens is 1. The van der Waals surface area contributed by atoms with Gasteiger partial charge in [0.15, 0.2) is 0 Å². The first-order valence-electron chi connectivity index (χ1n) is 11.3. The number of hydrogen-bond donors (Lipinski definition) is 2. The van der Waals surface area contributed by atoms with Crippen molar-refractivity contribution in [2.75, 3.05) is 17.2 Å². The number of hydrogen-bond acceptors (Lipinski definition) is 4. The maximum absolute atomic E-state index is 12.7. The summed E-state index contributed by atoms with van der Waals surface area (Å²) in [5.41, 5.74) is 4.00. The molecule has 8 heteroatoms. The zero-order valence-corrected chi connectivity index (χ0v) is 20.9. The first-order valence-corrected chi connectivity index (χ1v) is 11.7. The van der Waals surface area contributed by atoms with Gasteiger partial charge in [-0.15, -0.1) is 0 Å². The van der Waals surface area contributed by atoms with Crippen molar-refractivity contribution in [3.63, 3.8) is 0 Å². The Kier molecular flexibility index (Phi) is 8.34. The van der Waals surface area contributed by atoms with Crippen molar-refractivity contribution in [2.24, 2.45) is 0 Å². The molecule has 7 nitrogen and oxygen atoms in total. The molecule has 3 aromatic rings.